The van der Waals surface area contributed by atoms with E-state index in [1.807, 2.05) is 38.3 Å². The Balaban J connectivity index is 2.31. The number of aryl methyl sites for hydroxylation is 2. The Kier molecular flexibility index (Phi) is 5.03. The Bertz CT molecular complexity index is 707. The molecular formula is C15H19NO3S2. The molecule has 0 spiro atoms. The predicted molar refractivity (Wildman–Crippen MR) is 85.4 cm³/mol. The lowest BCUT2D eigenvalue weighted by atomic mass is 10.1. The van der Waals surface area contributed by atoms with E-state index in [-0.39, 0.29) is 4.90 Å². The maximum absolute atomic E-state index is 12.5. The van der Waals surface area contributed by atoms with Crippen molar-refractivity contribution in [1.29, 1.82) is 0 Å². The molecule has 2 rings (SSSR count). The van der Waals surface area contributed by atoms with Gasteiger partial charge in [0.1, 0.15) is 10.6 Å². The molecular weight excluding hydrogens is 306 g/mol. The third-order valence-electron chi connectivity index (χ3n) is 3.17. The lowest BCUT2D eigenvalue weighted by Crippen LogP contribution is -2.23. The summed E-state index contributed by atoms with van der Waals surface area (Å²) in [6.45, 7) is 6.38. The lowest BCUT2D eigenvalue weighted by molar-refractivity contribution is 0.330. The van der Waals surface area contributed by atoms with E-state index < -0.39 is 10.0 Å². The molecule has 0 aliphatic carbocycles. The van der Waals surface area contributed by atoms with Gasteiger partial charge < -0.3 is 4.74 Å². The molecule has 0 aliphatic heterocycles. The molecule has 2 aromatic rings. The Hall–Kier alpha value is -1.37. The minimum atomic E-state index is -3.60. The molecule has 1 N–H and O–H groups in total. The Morgan fingerprint density at radius 3 is 2.57 bits per heavy atom. The molecule has 0 saturated carbocycles. The summed E-state index contributed by atoms with van der Waals surface area (Å²) in [6.07, 6.45) is 0. The van der Waals surface area contributed by atoms with Crippen molar-refractivity contribution in [3.05, 3.63) is 45.6 Å². The van der Waals surface area contributed by atoms with E-state index in [9.17, 15) is 8.42 Å². The number of hydrogen-bond donors (Lipinski definition) is 1. The fourth-order valence-electron chi connectivity index (χ4n) is 1.90. The van der Waals surface area contributed by atoms with Gasteiger partial charge in [-0.3, -0.25) is 0 Å². The molecule has 114 valence electrons. The second-order valence-corrected chi connectivity index (χ2v) is 7.49. The van der Waals surface area contributed by atoms with Crippen molar-refractivity contribution in [2.45, 2.75) is 32.2 Å². The Morgan fingerprint density at radius 1 is 1.24 bits per heavy atom. The quantitative estimate of drug-likeness (QED) is 0.887. The van der Waals surface area contributed by atoms with Crippen LogP contribution < -0.4 is 9.46 Å². The molecule has 6 heteroatoms. The molecule has 0 aliphatic rings. The number of sulfonamides is 1. The molecule has 0 amide bonds. The Morgan fingerprint density at radius 2 is 1.95 bits per heavy atom. The normalized spacial score (nSPS) is 11.6. The van der Waals surface area contributed by atoms with Gasteiger partial charge in [0.25, 0.3) is 0 Å². The van der Waals surface area contributed by atoms with Crippen LogP contribution in [-0.4, -0.2) is 15.0 Å². The highest BCUT2D eigenvalue weighted by Crippen LogP contribution is 2.27. The summed E-state index contributed by atoms with van der Waals surface area (Å²) >= 11 is 1.52. The zero-order valence-electron chi connectivity index (χ0n) is 12.3. The van der Waals surface area contributed by atoms with Crippen molar-refractivity contribution in [2.75, 3.05) is 6.61 Å². The number of rotatable bonds is 6. The van der Waals surface area contributed by atoms with Crippen LogP contribution in [0.15, 0.2) is 34.5 Å². The number of thiophene rings is 1. The van der Waals surface area contributed by atoms with Crippen LogP contribution in [0.5, 0.6) is 5.75 Å². The summed E-state index contributed by atoms with van der Waals surface area (Å²) in [5, 5.41) is 1.92. The summed E-state index contributed by atoms with van der Waals surface area (Å²) < 4.78 is 33.1. The van der Waals surface area contributed by atoms with E-state index in [2.05, 4.69) is 4.72 Å². The van der Waals surface area contributed by atoms with Crippen LogP contribution in [0.1, 0.15) is 22.9 Å². The Labute approximate surface area is 129 Å². The van der Waals surface area contributed by atoms with Gasteiger partial charge >= 0.3 is 0 Å². The number of nitrogens with one attached hydrogen (secondary N) is 1. The van der Waals surface area contributed by atoms with Crippen molar-refractivity contribution in [3.63, 3.8) is 0 Å². The summed E-state index contributed by atoms with van der Waals surface area (Å²) in [6, 6.07) is 7.24. The third-order valence-corrected chi connectivity index (χ3v) is 5.46. The second-order valence-electron chi connectivity index (χ2n) is 4.72. The molecule has 0 bridgehead atoms. The van der Waals surface area contributed by atoms with Crippen LogP contribution in [-0.2, 0) is 16.6 Å². The standard InChI is InChI=1S/C15H19NO3S2/c1-4-19-14-8-11(2)12(3)9-15(14)21(17,18)16-10-13-6-5-7-20-13/h5-9,16H,4,10H2,1-3H3. The summed E-state index contributed by atoms with van der Waals surface area (Å²) in [4.78, 5) is 1.17. The average molecular weight is 325 g/mol. The predicted octanol–water partition coefficient (Wildman–Crippen LogP) is 3.24. The van der Waals surface area contributed by atoms with E-state index in [1.165, 1.54) is 11.3 Å². The molecule has 1 aromatic heterocycles. The van der Waals surface area contributed by atoms with Crippen LogP contribution in [0.2, 0.25) is 0 Å². The zero-order valence-corrected chi connectivity index (χ0v) is 14.0. The maximum atomic E-state index is 12.5. The van der Waals surface area contributed by atoms with E-state index in [4.69, 9.17) is 4.74 Å². The molecule has 1 aromatic carbocycles. The van der Waals surface area contributed by atoms with Crippen molar-refractivity contribution in [1.82, 2.24) is 4.72 Å². The highest BCUT2D eigenvalue weighted by atomic mass is 32.2. The van der Waals surface area contributed by atoms with Gasteiger partial charge in [-0.1, -0.05) is 6.07 Å². The average Bonchev–Trinajstić information content (AvgIpc) is 2.94. The summed E-state index contributed by atoms with van der Waals surface area (Å²) in [5.74, 6) is 0.402. The van der Waals surface area contributed by atoms with Crippen molar-refractivity contribution < 1.29 is 13.2 Å². The van der Waals surface area contributed by atoms with E-state index in [0.717, 1.165) is 16.0 Å². The van der Waals surface area contributed by atoms with Crippen LogP contribution in [0.25, 0.3) is 0 Å². The third kappa shape index (κ3) is 3.84. The zero-order chi connectivity index (χ0) is 15.5. The number of hydrogen-bond acceptors (Lipinski definition) is 4. The van der Waals surface area contributed by atoms with E-state index >= 15 is 0 Å². The molecule has 4 nitrogen and oxygen atoms in total. The monoisotopic (exact) mass is 325 g/mol. The minimum absolute atomic E-state index is 0.198. The first-order valence-electron chi connectivity index (χ1n) is 6.70. The molecule has 0 unspecified atom stereocenters. The second kappa shape index (κ2) is 6.60. The van der Waals surface area contributed by atoms with Crippen LogP contribution >= 0.6 is 11.3 Å². The van der Waals surface area contributed by atoms with Gasteiger partial charge in [0.2, 0.25) is 10.0 Å². The van der Waals surface area contributed by atoms with Crippen LogP contribution in [0.4, 0.5) is 0 Å². The van der Waals surface area contributed by atoms with E-state index in [1.54, 1.807) is 12.1 Å². The number of benzene rings is 1. The molecule has 21 heavy (non-hydrogen) atoms. The van der Waals surface area contributed by atoms with Crippen molar-refractivity contribution in [3.8, 4) is 5.75 Å². The van der Waals surface area contributed by atoms with Gasteiger partial charge in [0, 0.05) is 11.4 Å². The number of ether oxygens (including phenoxy) is 1. The highest BCUT2D eigenvalue weighted by molar-refractivity contribution is 7.89. The first-order chi connectivity index (χ1) is 9.94. The fraction of sp³-hybridized carbons (Fsp3) is 0.333. The summed E-state index contributed by atoms with van der Waals surface area (Å²) in [5.41, 5.74) is 1.94. The lowest BCUT2D eigenvalue weighted by Gasteiger charge is -2.14. The maximum Gasteiger partial charge on any atom is 0.244 e. The van der Waals surface area contributed by atoms with Gasteiger partial charge in [-0.15, -0.1) is 11.3 Å². The van der Waals surface area contributed by atoms with Gasteiger partial charge in [0.05, 0.1) is 6.61 Å². The topological polar surface area (TPSA) is 55.4 Å². The van der Waals surface area contributed by atoms with Crippen LogP contribution in [0, 0.1) is 13.8 Å². The van der Waals surface area contributed by atoms with Crippen molar-refractivity contribution in [2.24, 2.45) is 0 Å². The van der Waals surface area contributed by atoms with Gasteiger partial charge in [-0.2, -0.15) is 0 Å². The molecule has 0 atom stereocenters. The van der Waals surface area contributed by atoms with Gasteiger partial charge in [-0.25, -0.2) is 13.1 Å². The highest BCUT2D eigenvalue weighted by Gasteiger charge is 2.20. The van der Waals surface area contributed by atoms with Crippen molar-refractivity contribution >= 4 is 21.4 Å². The molecule has 1 heterocycles. The summed E-state index contributed by atoms with van der Waals surface area (Å²) in [7, 11) is -3.60. The smallest absolute Gasteiger partial charge is 0.244 e. The molecule has 0 fully saturated rings. The SMILES string of the molecule is CCOc1cc(C)c(C)cc1S(=O)(=O)NCc1cccs1. The van der Waals surface area contributed by atoms with Gasteiger partial charge in [-0.05, 0) is 55.5 Å². The first kappa shape index (κ1) is 16.0. The largest absolute Gasteiger partial charge is 0.492 e. The van der Waals surface area contributed by atoms with Gasteiger partial charge in [0.15, 0.2) is 0 Å². The van der Waals surface area contributed by atoms with Crippen LogP contribution in [0.3, 0.4) is 0 Å². The minimum Gasteiger partial charge on any atom is -0.492 e. The molecule has 0 radical (unpaired) electrons. The fourth-order valence-corrected chi connectivity index (χ4v) is 3.85. The molecule has 0 saturated heterocycles. The first-order valence-corrected chi connectivity index (χ1v) is 9.06. The van der Waals surface area contributed by atoms with E-state index in [0.29, 0.717) is 18.9 Å².